The van der Waals surface area contributed by atoms with Gasteiger partial charge in [-0.3, -0.25) is 4.90 Å². The largest absolute Gasteiger partial charge is 0.435 e. The summed E-state index contributed by atoms with van der Waals surface area (Å²) < 4.78 is 40.7. The van der Waals surface area contributed by atoms with Crippen LogP contribution in [0.4, 0.5) is 22.8 Å². The van der Waals surface area contributed by atoms with Crippen molar-refractivity contribution in [2.45, 2.75) is 11.8 Å². The molecule has 0 unspecified atom stereocenters. The van der Waals surface area contributed by atoms with Crippen molar-refractivity contribution in [1.82, 2.24) is 15.1 Å². The van der Waals surface area contributed by atoms with E-state index in [9.17, 15) is 22.8 Å². The molecule has 5 nitrogen and oxygen atoms in total. The van der Waals surface area contributed by atoms with Crippen LogP contribution in [0.2, 0.25) is 0 Å². The monoisotopic (exact) mass is 287 g/mol. The van der Waals surface area contributed by atoms with Gasteiger partial charge in [0.2, 0.25) is 5.66 Å². The minimum atomic E-state index is -4.87. The molecule has 0 aliphatic carbocycles. The Labute approximate surface area is 113 Å². The van der Waals surface area contributed by atoms with Crippen molar-refractivity contribution in [2.24, 2.45) is 0 Å². The number of benzene rings is 1. The average molecular weight is 287 g/mol. The summed E-state index contributed by atoms with van der Waals surface area (Å²) in [6, 6.07) is 4.65. The Morgan fingerprint density at radius 3 is 2.15 bits per heavy atom. The van der Waals surface area contributed by atoms with Crippen LogP contribution >= 0.6 is 0 Å². The summed E-state index contributed by atoms with van der Waals surface area (Å²) in [4.78, 5) is 24.6. The standard InChI is InChI=1S/C12H12F3N3O2/c1-17-9(19)16-11(12(13,14)15,18(2)10(17)20)8-6-4-3-5-7-8/h3-7H,1-2H3,(H,16,19)/t11-/m1/s1. The fraction of sp³-hybridized carbons (Fsp3) is 0.333. The number of halogens is 3. The third-order valence-corrected chi connectivity index (χ3v) is 3.27. The molecule has 20 heavy (non-hydrogen) atoms. The molecular weight excluding hydrogens is 275 g/mol. The first-order chi connectivity index (χ1) is 9.22. The van der Waals surface area contributed by atoms with Gasteiger partial charge < -0.3 is 5.32 Å². The number of amides is 4. The van der Waals surface area contributed by atoms with Crippen LogP contribution in [0.15, 0.2) is 30.3 Å². The van der Waals surface area contributed by atoms with Gasteiger partial charge in [0.25, 0.3) is 0 Å². The van der Waals surface area contributed by atoms with E-state index >= 15 is 0 Å². The average Bonchev–Trinajstić information content (AvgIpc) is 2.40. The second-order valence-corrected chi connectivity index (χ2v) is 4.40. The molecule has 1 aliphatic heterocycles. The summed E-state index contributed by atoms with van der Waals surface area (Å²) >= 11 is 0. The molecular formula is C12H12F3N3O2. The van der Waals surface area contributed by atoms with E-state index in [0.29, 0.717) is 9.80 Å². The normalized spacial score (nSPS) is 23.9. The lowest BCUT2D eigenvalue weighted by Gasteiger charge is -2.48. The van der Waals surface area contributed by atoms with E-state index in [1.54, 1.807) is 6.07 Å². The molecule has 1 fully saturated rings. The first-order valence-corrected chi connectivity index (χ1v) is 5.67. The number of alkyl halides is 3. The second kappa shape index (κ2) is 4.39. The molecule has 0 bridgehead atoms. The van der Waals surface area contributed by atoms with Crippen molar-refractivity contribution in [3.63, 3.8) is 0 Å². The lowest BCUT2D eigenvalue weighted by Crippen LogP contribution is -2.73. The smallest absolute Gasteiger partial charge is 0.303 e. The topological polar surface area (TPSA) is 52.7 Å². The Morgan fingerprint density at radius 1 is 1.10 bits per heavy atom. The molecule has 1 saturated heterocycles. The van der Waals surface area contributed by atoms with E-state index in [0.717, 1.165) is 14.1 Å². The maximum Gasteiger partial charge on any atom is 0.435 e. The molecule has 0 spiro atoms. The Bertz CT molecular complexity index is 547. The van der Waals surface area contributed by atoms with Gasteiger partial charge in [-0.2, -0.15) is 13.2 Å². The van der Waals surface area contributed by atoms with Gasteiger partial charge in [-0.05, 0) is 0 Å². The van der Waals surface area contributed by atoms with E-state index in [4.69, 9.17) is 0 Å². The molecule has 0 saturated carbocycles. The molecule has 2 rings (SSSR count). The molecule has 4 amide bonds. The van der Waals surface area contributed by atoms with Crippen molar-refractivity contribution >= 4 is 12.1 Å². The fourth-order valence-electron chi connectivity index (χ4n) is 2.15. The van der Waals surface area contributed by atoms with Crippen molar-refractivity contribution < 1.29 is 22.8 Å². The first kappa shape index (κ1) is 14.2. The molecule has 1 aromatic carbocycles. The number of imide groups is 1. The quantitative estimate of drug-likeness (QED) is 0.860. The number of carbonyl (C=O) groups is 2. The molecule has 1 atom stereocenters. The number of hydrogen-bond acceptors (Lipinski definition) is 2. The fourth-order valence-corrected chi connectivity index (χ4v) is 2.15. The van der Waals surface area contributed by atoms with Gasteiger partial charge in [0, 0.05) is 19.7 Å². The summed E-state index contributed by atoms with van der Waals surface area (Å²) in [6.07, 6.45) is -4.87. The van der Waals surface area contributed by atoms with Crippen LogP contribution in [0.5, 0.6) is 0 Å². The van der Waals surface area contributed by atoms with E-state index in [2.05, 4.69) is 0 Å². The highest BCUT2D eigenvalue weighted by Crippen LogP contribution is 2.43. The van der Waals surface area contributed by atoms with Gasteiger partial charge >= 0.3 is 18.2 Å². The van der Waals surface area contributed by atoms with Crippen molar-refractivity contribution in [2.75, 3.05) is 14.1 Å². The molecule has 1 N–H and O–H groups in total. The van der Waals surface area contributed by atoms with Crippen molar-refractivity contribution in [3.8, 4) is 0 Å². The minimum absolute atomic E-state index is 0.232. The summed E-state index contributed by atoms with van der Waals surface area (Å²) in [5.41, 5.74) is -3.10. The number of rotatable bonds is 1. The van der Waals surface area contributed by atoms with Gasteiger partial charge in [0.15, 0.2) is 0 Å². The van der Waals surface area contributed by atoms with E-state index in [-0.39, 0.29) is 5.56 Å². The van der Waals surface area contributed by atoms with Crippen LogP contribution in [0.25, 0.3) is 0 Å². The molecule has 1 heterocycles. The Balaban J connectivity index is 2.66. The van der Waals surface area contributed by atoms with Crippen LogP contribution in [0, 0.1) is 0 Å². The van der Waals surface area contributed by atoms with Crippen LogP contribution in [-0.4, -0.2) is 42.1 Å². The van der Waals surface area contributed by atoms with Gasteiger partial charge in [-0.25, -0.2) is 14.5 Å². The molecule has 1 aliphatic rings. The molecule has 0 radical (unpaired) electrons. The Morgan fingerprint density at radius 2 is 1.65 bits per heavy atom. The third kappa shape index (κ3) is 1.79. The van der Waals surface area contributed by atoms with Crippen LogP contribution in [0.3, 0.4) is 0 Å². The maximum absolute atomic E-state index is 13.6. The predicted octanol–water partition coefficient (Wildman–Crippen LogP) is 2.11. The van der Waals surface area contributed by atoms with Gasteiger partial charge in [-0.15, -0.1) is 0 Å². The first-order valence-electron chi connectivity index (χ1n) is 5.67. The lowest BCUT2D eigenvalue weighted by molar-refractivity contribution is -0.237. The van der Waals surface area contributed by atoms with Crippen LogP contribution in [-0.2, 0) is 5.66 Å². The highest BCUT2D eigenvalue weighted by molar-refractivity contribution is 5.96. The van der Waals surface area contributed by atoms with Gasteiger partial charge in [0.1, 0.15) is 0 Å². The number of urea groups is 2. The number of carbonyl (C=O) groups excluding carboxylic acids is 2. The van der Waals surface area contributed by atoms with Crippen LogP contribution in [0.1, 0.15) is 5.56 Å². The third-order valence-electron chi connectivity index (χ3n) is 3.27. The minimum Gasteiger partial charge on any atom is -0.303 e. The van der Waals surface area contributed by atoms with Gasteiger partial charge in [-0.1, -0.05) is 30.3 Å². The van der Waals surface area contributed by atoms with Gasteiger partial charge in [0.05, 0.1) is 0 Å². The number of nitrogens with zero attached hydrogens (tertiary/aromatic N) is 2. The highest BCUT2D eigenvalue weighted by atomic mass is 19.4. The SMILES string of the molecule is CN1C(=O)N[C@@](c2ccccc2)(C(F)(F)F)N(C)C1=O. The zero-order valence-corrected chi connectivity index (χ0v) is 10.7. The molecule has 1 aromatic rings. The molecule has 0 aromatic heterocycles. The summed E-state index contributed by atoms with van der Waals surface area (Å²) in [6.45, 7) is 0. The van der Waals surface area contributed by atoms with Crippen molar-refractivity contribution in [3.05, 3.63) is 35.9 Å². The summed E-state index contributed by atoms with van der Waals surface area (Å²) in [7, 11) is 2.11. The molecule has 108 valence electrons. The van der Waals surface area contributed by atoms with E-state index < -0.39 is 23.9 Å². The predicted molar refractivity (Wildman–Crippen MR) is 63.6 cm³/mol. The zero-order valence-electron chi connectivity index (χ0n) is 10.7. The lowest BCUT2D eigenvalue weighted by atomic mass is 9.96. The van der Waals surface area contributed by atoms with E-state index in [1.165, 1.54) is 24.3 Å². The number of hydrogen-bond donors (Lipinski definition) is 1. The second-order valence-electron chi connectivity index (χ2n) is 4.40. The van der Waals surface area contributed by atoms with Crippen molar-refractivity contribution in [1.29, 1.82) is 0 Å². The van der Waals surface area contributed by atoms with E-state index in [1.807, 2.05) is 5.32 Å². The molecule has 8 heteroatoms. The van der Waals surface area contributed by atoms with Crippen LogP contribution < -0.4 is 5.32 Å². The summed E-state index contributed by atoms with van der Waals surface area (Å²) in [5.74, 6) is 0. The zero-order chi connectivity index (χ0) is 15.1. The highest BCUT2D eigenvalue weighted by Gasteiger charge is 2.64. The Kier molecular flexibility index (Phi) is 3.11. The Hall–Kier alpha value is -2.25. The summed E-state index contributed by atoms with van der Waals surface area (Å²) in [5, 5.41) is 1.88. The number of nitrogens with one attached hydrogen (secondary N) is 1. The maximum atomic E-state index is 13.6.